The molecule has 4 N–H and O–H groups in total. The minimum atomic E-state index is 0.259. The normalized spacial score (nSPS) is 20.2. The molecule has 0 heterocycles. The van der Waals surface area contributed by atoms with Crippen LogP contribution < -0.4 is 11.1 Å². The number of nitrogens with two attached hydrogens (primary N) is 1. The van der Waals surface area contributed by atoms with Gasteiger partial charge in [0.2, 0.25) is 0 Å². The molecule has 4 nitrogen and oxygen atoms in total. The van der Waals surface area contributed by atoms with Gasteiger partial charge < -0.3 is 16.3 Å². The van der Waals surface area contributed by atoms with Crippen LogP contribution in [-0.4, -0.2) is 23.6 Å². The summed E-state index contributed by atoms with van der Waals surface area (Å²) in [5.74, 6) is 1.18. The van der Waals surface area contributed by atoms with Crippen LogP contribution in [0.5, 0.6) is 0 Å². The van der Waals surface area contributed by atoms with E-state index < -0.39 is 0 Å². The molecule has 0 saturated heterocycles. The molecule has 1 aliphatic rings. The summed E-state index contributed by atoms with van der Waals surface area (Å²) >= 11 is 0. The van der Waals surface area contributed by atoms with Gasteiger partial charge in [-0.15, -0.1) is 0 Å². The van der Waals surface area contributed by atoms with E-state index in [0.29, 0.717) is 12.6 Å². The van der Waals surface area contributed by atoms with Gasteiger partial charge in [0.1, 0.15) is 0 Å². The van der Waals surface area contributed by atoms with E-state index in [0.717, 1.165) is 12.3 Å². The molecular formula is C9H19N3O. The number of nitrogens with one attached hydrogen (secondary N) is 1. The minimum absolute atomic E-state index is 0.259. The van der Waals surface area contributed by atoms with E-state index in [1.54, 1.807) is 0 Å². The van der Waals surface area contributed by atoms with E-state index in [-0.39, 0.29) is 5.84 Å². The number of hydrogen-bond acceptors (Lipinski definition) is 3. The topological polar surface area (TPSA) is 70.6 Å². The molecule has 0 aromatic rings. The minimum Gasteiger partial charge on any atom is -0.409 e. The molecule has 0 aromatic carbocycles. The largest absolute Gasteiger partial charge is 0.409 e. The number of nitrogens with zero attached hydrogens (tertiary/aromatic N) is 1. The smallest absolute Gasteiger partial charge is 0.153 e. The van der Waals surface area contributed by atoms with Crippen molar-refractivity contribution in [3.63, 3.8) is 0 Å². The van der Waals surface area contributed by atoms with Crippen LogP contribution in [0.4, 0.5) is 0 Å². The Labute approximate surface area is 79.2 Å². The van der Waals surface area contributed by atoms with Crippen LogP contribution in [0.25, 0.3) is 0 Å². The monoisotopic (exact) mass is 185 g/mol. The fourth-order valence-corrected chi connectivity index (χ4v) is 1.43. The third kappa shape index (κ3) is 4.12. The molecule has 1 saturated carbocycles. The molecule has 13 heavy (non-hydrogen) atoms. The number of amidine groups is 1. The molecule has 76 valence electrons. The third-order valence-corrected chi connectivity index (χ3v) is 2.51. The van der Waals surface area contributed by atoms with E-state index in [4.69, 9.17) is 10.9 Å². The number of rotatable bonds is 6. The van der Waals surface area contributed by atoms with Gasteiger partial charge in [0.25, 0.3) is 0 Å². The summed E-state index contributed by atoms with van der Waals surface area (Å²) in [7, 11) is 0. The third-order valence-electron chi connectivity index (χ3n) is 2.51. The molecule has 0 bridgehead atoms. The predicted molar refractivity (Wildman–Crippen MR) is 52.8 cm³/mol. The van der Waals surface area contributed by atoms with Crippen LogP contribution >= 0.6 is 0 Å². The van der Waals surface area contributed by atoms with Crippen LogP contribution in [0.2, 0.25) is 0 Å². The predicted octanol–water partition coefficient (Wildman–Crippen LogP) is 0.901. The molecule has 0 aliphatic heterocycles. The van der Waals surface area contributed by atoms with Crippen LogP contribution in [0, 0.1) is 5.92 Å². The lowest BCUT2D eigenvalue weighted by molar-refractivity contribution is 0.316. The Kier molecular flexibility index (Phi) is 4.02. The van der Waals surface area contributed by atoms with Crippen molar-refractivity contribution in [3.8, 4) is 0 Å². The van der Waals surface area contributed by atoms with E-state index in [1.165, 1.54) is 19.3 Å². The highest BCUT2D eigenvalue weighted by atomic mass is 16.4. The zero-order valence-corrected chi connectivity index (χ0v) is 8.16. The second-order valence-corrected chi connectivity index (χ2v) is 3.76. The molecule has 4 heteroatoms. The van der Waals surface area contributed by atoms with Crippen molar-refractivity contribution < 1.29 is 5.21 Å². The Morgan fingerprint density at radius 1 is 1.69 bits per heavy atom. The van der Waals surface area contributed by atoms with Gasteiger partial charge in [-0.25, -0.2) is 0 Å². The van der Waals surface area contributed by atoms with E-state index in [1.807, 2.05) is 0 Å². The Balaban J connectivity index is 2.14. The molecular weight excluding hydrogens is 166 g/mol. The fourth-order valence-electron chi connectivity index (χ4n) is 1.43. The van der Waals surface area contributed by atoms with Gasteiger partial charge in [-0.3, -0.25) is 0 Å². The summed E-state index contributed by atoms with van der Waals surface area (Å²) in [5, 5.41) is 14.5. The molecule has 0 radical (unpaired) electrons. The van der Waals surface area contributed by atoms with Gasteiger partial charge in [-0.2, -0.15) is 0 Å². The zero-order valence-electron chi connectivity index (χ0n) is 8.16. The van der Waals surface area contributed by atoms with Gasteiger partial charge >= 0.3 is 0 Å². The van der Waals surface area contributed by atoms with Crippen molar-refractivity contribution in [2.24, 2.45) is 16.8 Å². The molecule has 0 aromatic heterocycles. The first kappa shape index (κ1) is 10.3. The average molecular weight is 185 g/mol. The lowest BCUT2D eigenvalue weighted by Gasteiger charge is -2.15. The average Bonchev–Trinajstić information content (AvgIpc) is 2.95. The van der Waals surface area contributed by atoms with Crippen molar-refractivity contribution >= 4 is 5.84 Å². The van der Waals surface area contributed by atoms with Crippen molar-refractivity contribution in [3.05, 3.63) is 0 Å². The van der Waals surface area contributed by atoms with Gasteiger partial charge in [0, 0.05) is 6.04 Å². The molecule has 1 aliphatic carbocycles. The highest BCUT2D eigenvalue weighted by Crippen LogP contribution is 2.33. The summed E-state index contributed by atoms with van der Waals surface area (Å²) < 4.78 is 0. The SMILES string of the molecule is CCC(CC1CC1)NCC(N)=NO. The molecule has 1 rings (SSSR count). The lowest BCUT2D eigenvalue weighted by atomic mass is 10.1. The van der Waals surface area contributed by atoms with Crippen LogP contribution in [0.3, 0.4) is 0 Å². The van der Waals surface area contributed by atoms with Gasteiger partial charge in [0.05, 0.1) is 6.54 Å². The first-order valence-corrected chi connectivity index (χ1v) is 4.96. The quantitative estimate of drug-likeness (QED) is 0.249. The van der Waals surface area contributed by atoms with Crippen molar-refractivity contribution in [2.75, 3.05) is 6.54 Å². The summed E-state index contributed by atoms with van der Waals surface area (Å²) in [6.07, 6.45) is 5.09. The van der Waals surface area contributed by atoms with Crippen molar-refractivity contribution in [1.29, 1.82) is 0 Å². The first-order valence-electron chi connectivity index (χ1n) is 4.96. The second kappa shape index (κ2) is 5.07. The maximum atomic E-state index is 8.34. The Morgan fingerprint density at radius 2 is 2.38 bits per heavy atom. The summed E-state index contributed by atoms with van der Waals surface area (Å²) in [5.41, 5.74) is 5.36. The molecule has 0 spiro atoms. The lowest BCUT2D eigenvalue weighted by Crippen LogP contribution is -2.36. The Morgan fingerprint density at radius 3 is 2.85 bits per heavy atom. The summed E-state index contributed by atoms with van der Waals surface area (Å²) in [6, 6.07) is 0.521. The summed E-state index contributed by atoms with van der Waals surface area (Å²) in [6.45, 7) is 2.65. The first-order chi connectivity index (χ1) is 6.26. The maximum absolute atomic E-state index is 8.34. The van der Waals surface area contributed by atoms with Gasteiger partial charge in [-0.1, -0.05) is 24.9 Å². The molecule has 1 atom stereocenters. The standard InChI is InChI=1S/C9H19N3O/c1-2-8(5-7-3-4-7)11-6-9(10)12-13/h7-8,11,13H,2-6H2,1H3,(H2,10,12). The van der Waals surface area contributed by atoms with E-state index >= 15 is 0 Å². The highest BCUT2D eigenvalue weighted by Gasteiger charge is 2.24. The number of hydrogen-bond donors (Lipinski definition) is 3. The van der Waals surface area contributed by atoms with Crippen LogP contribution in [0.15, 0.2) is 5.16 Å². The highest BCUT2D eigenvalue weighted by molar-refractivity contribution is 5.81. The van der Waals surface area contributed by atoms with Crippen LogP contribution in [-0.2, 0) is 0 Å². The Bertz CT molecular complexity index is 178. The molecule has 0 amide bonds. The van der Waals surface area contributed by atoms with Gasteiger partial charge in [-0.05, 0) is 18.8 Å². The van der Waals surface area contributed by atoms with E-state index in [2.05, 4.69) is 17.4 Å². The molecule has 1 unspecified atom stereocenters. The summed E-state index contributed by atoms with van der Waals surface area (Å²) in [4.78, 5) is 0. The van der Waals surface area contributed by atoms with Gasteiger partial charge in [0.15, 0.2) is 5.84 Å². The number of oxime groups is 1. The van der Waals surface area contributed by atoms with Crippen LogP contribution in [0.1, 0.15) is 32.6 Å². The van der Waals surface area contributed by atoms with Crippen molar-refractivity contribution in [2.45, 2.75) is 38.6 Å². The fraction of sp³-hybridized carbons (Fsp3) is 0.889. The Hall–Kier alpha value is -0.770. The molecule has 1 fully saturated rings. The second-order valence-electron chi connectivity index (χ2n) is 3.76. The zero-order chi connectivity index (χ0) is 9.68. The maximum Gasteiger partial charge on any atom is 0.153 e. The van der Waals surface area contributed by atoms with Crippen molar-refractivity contribution in [1.82, 2.24) is 5.32 Å². The van der Waals surface area contributed by atoms with E-state index in [9.17, 15) is 0 Å².